The van der Waals surface area contributed by atoms with Crippen LogP contribution < -0.4 is 0 Å². The second-order valence-corrected chi connectivity index (χ2v) is 2.37. The van der Waals surface area contributed by atoms with Crippen LogP contribution in [0.15, 0.2) is 0 Å². The minimum absolute atomic E-state index is 0.720. The predicted octanol–water partition coefficient (Wildman–Crippen LogP) is 2.04. The third kappa shape index (κ3) is 9.12. The summed E-state index contributed by atoms with van der Waals surface area (Å²) in [4.78, 5) is 9.67. The van der Waals surface area contributed by atoms with Gasteiger partial charge in [-0.1, -0.05) is 12.8 Å². The van der Waals surface area contributed by atoms with Gasteiger partial charge in [0.05, 0.1) is 12.3 Å². The van der Waals surface area contributed by atoms with E-state index in [9.17, 15) is 4.79 Å². The van der Waals surface area contributed by atoms with Crippen LogP contribution in [-0.4, -0.2) is 12.2 Å². The van der Waals surface area contributed by atoms with Crippen LogP contribution in [0.2, 0.25) is 0 Å². The molecule has 0 saturated heterocycles. The molecule has 0 aromatic carbocycles. The molecule has 0 spiro atoms. The van der Waals surface area contributed by atoms with Gasteiger partial charge in [0.2, 0.25) is 0 Å². The van der Waals surface area contributed by atoms with E-state index in [1.54, 1.807) is 5.94 Å². The van der Waals surface area contributed by atoms with Gasteiger partial charge in [-0.25, -0.2) is 4.79 Å². The fourth-order valence-electron chi connectivity index (χ4n) is 0.831. The van der Waals surface area contributed by atoms with Gasteiger partial charge in [-0.3, -0.25) is 0 Å². The Morgan fingerprint density at radius 3 is 2.18 bits per heavy atom. The molecule has 2 radical (unpaired) electrons. The van der Waals surface area contributed by atoms with Crippen LogP contribution in [0, 0.1) is 11.5 Å². The van der Waals surface area contributed by atoms with Crippen LogP contribution in [0.5, 0.6) is 0 Å². The zero-order valence-electron chi connectivity index (χ0n) is 6.65. The molecule has 2 heteroatoms. The molecule has 0 amide bonds. The number of nitrogens with one attached hydrogen (secondary N) is 1. The van der Waals surface area contributed by atoms with Gasteiger partial charge >= 0.3 is 0 Å². The van der Waals surface area contributed by atoms with Gasteiger partial charge in [-0.15, -0.1) is 0 Å². The van der Waals surface area contributed by atoms with Crippen molar-refractivity contribution in [2.45, 2.75) is 38.5 Å². The Morgan fingerprint density at radius 2 is 1.64 bits per heavy atom. The second kappa shape index (κ2) is 9.12. The summed E-state index contributed by atoms with van der Waals surface area (Å²) in [6, 6.07) is 0. The Balaban J connectivity index is 2.90. The summed E-state index contributed by atoms with van der Waals surface area (Å²) >= 11 is 0. The van der Waals surface area contributed by atoms with Crippen LogP contribution in [-0.2, 0) is 4.79 Å². The molecule has 11 heavy (non-hydrogen) atoms. The summed E-state index contributed by atoms with van der Waals surface area (Å²) in [5, 5.41) is 6.64. The van der Waals surface area contributed by atoms with Crippen LogP contribution in [0.25, 0.3) is 0 Å². The van der Waals surface area contributed by atoms with E-state index in [0.29, 0.717) is 0 Å². The highest BCUT2D eigenvalue weighted by atomic mass is 16.1. The summed E-state index contributed by atoms with van der Waals surface area (Å²) in [6.07, 6.45) is 10.6. The van der Waals surface area contributed by atoms with Crippen molar-refractivity contribution in [3.8, 4) is 0 Å². The average molecular weight is 151 g/mol. The van der Waals surface area contributed by atoms with E-state index in [0.717, 1.165) is 38.5 Å². The fourth-order valence-corrected chi connectivity index (χ4v) is 0.831. The lowest BCUT2D eigenvalue weighted by molar-refractivity contribution is 0.566. The van der Waals surface area contributed by atoms with E-state index in [-0.39, 0.29) is 0 Å². The Hall–Kier alpha value is -0.880. The minimum Gasteiger partial charge on any atom is -0.303 e. The van der Waals surface area contributed by atoms with E-state index in [2.05, 4.69) is 12.3 Å². The van der Waals surface area contributed by atoms with Crippen LogP contribution >= 0.6 is 0 Å². The Labute approximate surface area is 67.8 Å². The first-order valence-electron chi connectivity index (χ1n) is 3.91. The molecular weight excluding hydrogens is 138 g/mol. The first kappa shape index (κ1) is 10.1. The zero-order valence-corrected chi connectivity index (χ0v) is 6.65. The molecule has 0 rings (SSSR count). The summed E-state index contributed by atoms with van der Waals surface area (Å²) in [6.45, 7) is 0. The highest BCUT2D eigenvalue weighted by molar-refractivity contribution is 5.52. The predicted molar refractivity (Wildman–Crippen MR) is 44.4 cm³/mol. The quantitative estimate of drug-likeness (QED) is 0.337. The molecular formula is C9H13NO. The third-order valence-electron chi connectivity index (χ3n) is 1.43. The number of hydrogen-bond acceptors (Lipinski definition) is 2. The minimum atomic E-state index is 0.720. The number of rotatable bonds is 7. The van der Waals surface area contributed by atoms with Crippen molar-refractivity contribution in [2.24, 2.45) is 0 Å². The maximum atomic E-state index is 9.67. The van der Waals surface area contributed by atoms with Crippen molar-refractivity contribution >= 4 is 12.2 Å². The van der Waals surface area contributed by atoms with Crippen molar-refractivity contribution in [3.63, 3.8) is 0 Å². The molecule has 0 atom stereocenters. The van der Waals surface area contributed by atoms with Gasteiger partial charge in [0, 0.05) is 0 Å². The molecule has 0 aliphatic heterocycles. The number of carbonyl (C=O) groups excluding carboxylic acids is 1. The summed E-state index contributed by atoms with van der Waals surface area (Å²) in [5.41, 5.74) is 0. The van der Waals surface area contributed by atoms with Crippen molar-refractivity contribution in [1.82, 2.24) is 0 Å². The number of allylic oxidation sites excluding steroid dienone is 1. The van der Waals surface area contributed by atoms with E-state index in [1.807, 2.05) is 0 Å². The molecule has 2 nitrogen and oxygen atoms in total. The summed E-state index contributed by atoms with van der Waals surface area (Å²) in [7, 11) is 0. The second-order valence-electron chi connectivity index (χ2n) is 2.37. The topological polar surface area (TPSA) is 40.9 Å². The Morgan fingerprint density at radius 1 is 1.00 bits per heavy atom. The smallest absolute Gasteiger partial charge is 0.128 e. The first-order chi connectivity index (χ1) is 5.41. The van der Waals surface area contributed by atoms with Gasteiger partial charge < -0.3 is 5.41 Å². The van der Waals surface area contributed by atoms with Crippen LogP contribution in [0.1, 0.15) is 38.5 Å². The van der Waals surface area contributed by atoms with Gasteiger partial charge in [-0.05, 0) is 25.7 Å². The molecule has 0 aromatic heterocycles. The maximum Gasteiger partial charge on any atom is 0.128 e. The molecule has 0 unspecified atom stereocenters. The van der Waals surface area contributed by atoms with Gasteiger partial charge in [-0.2, -0.15) is 0 Å². The molecule has 0 aliphatic rings. The third-order valence-corrected chi connectivity index (χ3v) is 1.43. The first-order valence-corrected chi connectivity index (χ1v) is 3.91. The average Bonchev–Trinajstić information content (AvgIpc) is 2.03. The largest absolute Gasteiger partial charge is 0.303 e. The molecule has 0 aliphatic carbocycles. The van der Waals surface area contributed by atoms with Crippen molar-refractivity contribution < 1.29 is 4.79 Å². The summed E-state index contributed by atoms with van der Waals surface area (Å²) < 4.78 is 0. The standard InChI is InChI=1S/C9H13NO/c10-8-6-4-2-1-3-5-7-9-11/h10H,1-6H2. The molecule has 0 saturated carbocycles. The fraction of sp³-hybridized carbons (Fsp3) is 0.667. The number of hydrogen-bond donors (Lipinski definition) is 1. The van der Waals surface area contributed by atoms with E-state index in [4.69, 9.17) is 5.41 Å². The van der Waals surface area contributed by atoms with Crippen molar-refractivity contribution in [1.29, 1.82) is 5.41 Å². The highest BCUT2D eigenvalue weighted by Gasteiger charge is 1.87. The lowest BCUT2D eigenvalue weighted by Gasteiger charge is -1.93. The van der Waals surface area contributed by atoms with E-state index < -0.39 is 0 Å². The van der Waals surface area contributed by atoms with Crippen LogP contribution in [0.3, 0.4) is 0 Å². The summed E-state index contributed by atoms with van der Waals surface area (Å²) in [5.74, 6) is 1.63. The maximum absolute atomic E-state index is 9.67. The highest BCUT2D eigenvalue weighted by Crippen LogP contribution is 2.03. The van der Waals surface area contributed by atoms with Crippen molar-refractivity contribution in [3.05, 3.63) is 6.08 Å². The van der Waals surface area contributed by atoms with Crippen molar-refractivity contribution in [2.75, 3.05) is 0 Å². The van der Waals surface area contributed by atoms with Crippen LogP contribution in [0.4, 0.5) is 0 Å². The molecule has 0 fully saturated rings. The molecule has 0 bridgehead atoms. The zero-order chi connectivity index (χ0) is 8.36. The van der Waals surface area contributed by atoms with Gasteiger partial charge in [0.1, 0.15) is 5.94 Å². The Bertz CT molecular complexity index is 136. The monoisotopic (exact) mass is 151 g/mol. The molecule has 0 aromatic rings. The number of unbranched alkanes of at least 4 members (excludes halogenated alkanes) is 5. The van der Waals surface area contributed by atoms with Gasteiger partial charge in [0.15, 0.2) is 0 Å². The Kier molecular flexibility index (Phi) is 8.39. The van der Waals surface area contributed by atoms with E-state index in [1.165, 1.54) is 0 Å². The lowest BCUT2D eigenvalue weighted by atomic mass is 10.1. The SMILES string of the molecule is N=[C]CCCCCC[C]=C=O. The normalized spacial score (nSPS) is 8.73. The molecule has 1 N–H and O–H groups in total. The molecule has 60 valence electrons. The lowest BCUT2D eigenvalue weighted by Crippen LogP contribution is -1.78. The molecule has 0 heterocycles. The van der Waals surface area contributed by atoms with Gasteiger partial charge in [0.25, 0.3) is 0 Å². The van der Waals surface area contributed by atoms with E-state index >= 15 is 0 Å².